The molecule has 0 spiro atoms. The van der Waals surface area contributed by atoms with Crippen molar-refractivity contribution in [2.24, 2.45) is 0 Å². The Morgan fingerprint density at radius 2 is 1.45 bits per heavy atom. The molecule has 6 heteroatoms. The van der Waals surface area contributed by atoms with Crippen LogP contribution in [0.5, 0.6) is 0 Å². The first-order valence-corrected chi connectivity index (χ1v) is 8.44. The van der Waals surface area contributed by atoms with Crippen molar-refractivity contribution < 1.29 is 8.42 Å². The van der Waals surface area contributed by atoms with Gasteiger partial charge in [0.05, 0.1) is 0 Å². The van der Waals surface area contributed by atoms with Gasteiger partial charge in [-0.05, 0) is 36.8 Å². The third kappa shape index (κ3) is 4.22. The Balaban J connectivity index is 2.04. The van der Waals surface area contributed by atoms with Gasteiger partial charge in [-0.2, -0.15) is 12.7 Å². The summed E-state index contributed by atoms with van der Waals surface area (Å²) in [6, 6.07) is 17.5. The van der Waals surface area contributed by atoms with Gasteiger partial charge < -0.3 is 5.32 Å². The molecule has 0 aliphatic carbocycles. The van der Waals surface area contributed by atoms with Crippen LogP contribution in [0.15, 0.2) is 54.6 Å². The Labute approximate surface area is 132 Å². The third-order valence-corrected chi connectivity index (χ3v) is 4.75. The minimum absolute atomic E-state index is 0.172. The van der Waals surface area contributed by atoms with Gasteiger partial charge in [-0.1, -0.05) is 30.3 Å². The molecular weight excluding hydrogens is 298 g/mol. The Bertz CT molecular complexity index is 698. The van der Waals surface area contributed by atoms with E-state index in [1.807, 2.05) is 30.3 Å². The van der Waals surface area contributed by atoms with E-state index in [-0.39, 0.29) is 6.04 Å². The summed E-state index contributed by atoms with van der Waals surface area (Å²) in [7, 11) is -0.495. The Morgan fingerprint density at radius 1 is 0.909 bits per heavy atom. The van der Waals surface area contributed by atoms with Crippen molar-refractivity contribution in [1.29, 1.82) is 0 Å². The van der Waals surface area contributed by atoms with E-state index in [0.717, 1.165) is 9.99 Å². The van der Waals surface area contributed by atoms with Gasteiger partial charge in [-0.3, -0.25) is 4.72 Å². The fraction of sp³-hybridized carbons (Fsp3) is 0.250. The van der Waals surface area contributed by atoms with Crippen LogP contribution in [0.2, 0.25) is 0 Å². The average molecular weight is 319 g/mol. The van der Waals surface area contributed by atoms with E-state index in [1.54, 1.807) is 12.1 Å². The van der Waals surface area contributed by atoms with Crippen molar-refractivity contribution in [1.82, 2.24) is 4.31 Å². The summed E-state index contributed by atoms with van der Waals surface area (Å²) in [6.45, 7) is 2.08. The number of hydrogen-bond acceptors (Lipinski definition) is 3. The van der Waals surface area contributed by atoms with Crippen molar-refractivity contribution >= 4 is 21.6 Å². The van der Waals surface area contributed by atoms with Crippen molar-refractivity contribution in [3.05, 3.63) is 60.2 Å². The highest BCUT2D eigenvalue weighted by atomic mass is 32.2. The molecule has 0 bridgehead atoms. The summed E-state index contributed by atoms with van der Waals surface area (Å²) in [5, 5.41) is 3.38. The number of benzene rings is 2. The Morgan fingerprint density at radius 3 is 2.00 bits per heavy atom. The van der Waals surface area contributed by atoms with E-state index in [9.17, 15) is 8.42 Å². The summed E-state index contributed by atoms with van der Waals surface area (Å²) in [5.41, 5.74) is 2.66. The van der Waals surface area contributed by atoms with E-state index < -0.39 is 10.2 Å². The molecule has 5 nitrogen and oxygen atoms in total. The monoisotopic (exact) mass is 319 g/mol. The minimum Gasteiger partial charge on any atom is -0.379 e. The molecule has 1 atom stereocenters. The second kappa shape index (κ2) is 6.81. The van der Waals surface area contributed by atoms with Gasteiger partial charge in [-0.25, -0.2) is 0 Å². The largest absolute Gasteiger partial charge is 0.379 e. The van der Waals surface area contributed by atoms with Crippen LogP contribution in [0.3, 0.4) is 0 Å². The standard InChI is InChI=1S/C16H21N3O2S/c1-13(14-7-5-4-6-8-14)17-15-9-11-16(12-10-15)18-22(20,21)19(2)3/h4-13,17-18H,1-3H3. The van der Waals surface area contributed by atoms with Crippen LogP contribution in [0, 0.1) is 0 Å². The number of anilines is 2. The minimum atomic E-state index is -3.47. The van der Waals surface area contributed by atoms with Crippen LogP contribution >= 0.6 is 0 Å². The van der Waals surface area contributed by atoms with Gasteiger partial charge in [0.25, 0.3) is 0 Å². The predicted molar refractivity (Wildman–Crippen MR) is 91.2 cm³/mol. The Hall–Kier alpha value is -2.05. The van der Waals surface area contributed by atoms with E-state index in [0.29, 0.717) is 5.69 Å². The van der Waals surface area contributed by atoms with Crippen LogP contribution in [0.25, 0.3) is 0 Å². The first-order chi connectivity index (χ1) is 10.4. The topological polar surface area (TPSA) is 61.4 Å². The molecule has 2 rings (SSSR count). The quantitative estimate of drug-likeness (QED) is 0.860. The van der Waals surface area contributed by atoms with Crippen LogP contribution in [0.1, 0.15) is 18.5 Å². The molecule has 1 unspecified atom stereocenters. The average Bonchev–Trinajstić information content (AvgIpc) is 2.49. The summed E-state index contributed by atoms with van der Waals surface area (Å²) >= 11 is 0. The molecule has 2 aromatic carbocycles. The molecule has 2 aromatic rings. The van der Waals surface area contributed by atoms with Crippen LogP contribution in [-0.4, -0.2) is 26.8 Å². The van der Waals surface area contributed by atoms with Gasteiger partial charge in [0, 0.05) is 31.5 Å². The lowest BCUT2D eigenvalue weighted by Crippen LogP contribution is -2.28. The van der Waals surface area contributed by atoms with Crippen LogP contribution in [-0.2, 0) is 10.2 Å². The summed E-state index contributed by atoms with van der Waals surface area (Å²) in [5.74, 6) is 0. The van der Waals surface area contributed by atoms with Crippen molar-refractivity contribution in [3.8, 4) is 0 Å². The van der Waals surface area contributed by atoms with Gasteiger partial charge in [0.1, 0.15) is 0 Å². The molecule has 0 saturated heterocycles. The normalized spacial score (nSPS) is 12.9. The first-order valence-electron chi connectivity index (χ1n) is 7.00. The summed E-state index contributed by atoms with van der Waals surface area (Å²) in [4.78, 5) is 0. The number of hydrogen-bond donors (Lipinski definition) is 2. The van der Waals surface area contributed by atoms with Gasteiger partial charge in [-0.15, -0.1) is 0 Å². The molecule has 118 valence electrons. The molecule has 0 aromatic heterocycles. The molecule has 0 amide bonds. The molecule has 0 aliphatic heterocycles. The predicted octanol–water partition coefficient (Wildman–Crippen LogP) is 3.08. The maximum Gasteiger partial charge on any atom is 0.301 e. The second-order valence-corrected chi connectivity index (χ2v) is 7.13. The fourth-order valence-electron chi connectivity index (χ4n) is 1.95. The molecule has 2 N–H and O–H groups in total. The third-order valence-electron chi connectivity index (χ3n) is 3.30. The number of nitrogens with zero attached hydrogens (tertiary/aromatic N) is 1. The van der Waals surface area contributed by atoms with E-state index >= 15 is 0 Å². The van der Waals surface area contributed by atoms with E-state index in [1.165, 1.54) is 19.7 Å². The zero-order valence-electron chi connectivity index (χ0n) is 12.9. The molecule has 0 radical (unpaired) electrons. The van der Waals surface area contributed by atoms with E-state index in [2.05, 4.69) is 29.1 Å². The highest BCUT2D eigenvalue weighted by molar-refractivity contribution is 7.90. The van der Waals surface area contributed by atoms with Gasteiger partial charge in [0.2, 0.25) is 0 Å². The summed E-state index contributed by atoms with van der Waals surface area (Å²) in [6.07, 6.45) is 0. The van der Waals surface area contributed by atoms with E-state index in [4.69, 9.17) is 0 Å². The molecule has 0 saturated carbocycles. The van der Waals surface area contributed by atoms with Crippen LogP contribution < -0.4 is 10.0 Å². The zero-order chi connectivity index (χ0) is 16.2. The molecule has 22 heavy (non-hydrogen) atoms. The SMILES string of the molecule is CC(Nc1ccc(NS(=O)(=O)N(C)C)cc1)c1ccccc1. The molecular formula is C16H21N3O2S. The Kier molecular flexibility index (Phi) is 5.05. The lowest BCUT2D eigenvalue weighted by atomic mass is 10.1. The summed E-state index contributed by atoms with van der Waals surface area (Å²) < 4.78 is 27.1. The second-order valence-electron chi connectivity index (χ2n) is 5.24. The smallest absolute Gasteiger partial charge is 0.301 e. The fourth-order valence-corrected chi connectivity index (χ4v) is 2.57. The highest BCUT2D eigenvalue weighted by Crippen LogP contribution is 2.21. The van der Waals surface area contributed by atoms with Crippen molar-refractivity contribution in [2.45, 2.75) is 13.0 Å². The van der Waals surface area contributed by atoms with Gasteiger partial charge in [0.15, 0.2) is 0 Å². The van der Waals surface area contributed by atoms with Gasteiger partial charge >= 0.3 is 10.2 Å². The first kappa shape index (κ1) is 16.3. The van der Waals surface area contributed by atoms with Crippen LogP contribution in [0.4, 0.5) is 11.4 Å². The molecule has 0 heterocycles. The number of rotatable bonds is 6. The maximum absolute atomic E-state index is 11.7. The lowest BCUT2D eigenvalue weighted by molar-refractivity contribution is 0.527. The van der Waals surface area contributed by atoms with Crippen molar-refractivity contribution in [3.63, 3.8) is 0 Å². The maximum atomic E-state index is 11.7. The zero-order valence-corrected chi connectivity index (χ0v) is 13.8. The highest BCUT2D eigenvalue weighted by Gasteiger charge is 2.12. The molecule has 0 aliphatic rings. The van der Waals surface area contributed by atoms with Crippen molar-refractivity contribution in [2.75, 3.05) is 24.1 Å². The molecule has 0 fully saturated rings. The lowest BCUT2D eigenvalue weighted by Gasteiger charge is -2.17. The number of nitrogens with one attached hydrogen (secondary N) is 2.